The van der Waals surface area contributed by atoms with Gasteiger partial charge >= 0.3 is 0 Å². The van der Waals surface area contributed by atoms with Crippen molar-refractivity contribution >= 4 is 0 Å². The van der Waals surface area contributed by atoms with E-state index in [1.807, 2.05) is 13.8 Å². The number of pyridine rings is 1. The Hall–Kier alpha value is -1.00. The molecule has 1 aromatic rings. The second-order valence-corrected chi connectivity index (χ2v) is 3.96. The first kappa shape index (κ1) is 13.1. The van der Waals surface area contributed by atoms with E-state index in [-0.39, 0.29) is 18.0 Å². The molecule has 0 spiro atoms. The zero-order chi connectivity index (χ0) is 12.0. The van der Waals surface area contributed by atoms with Crippen LogP contribution in [0.25, 0.3) is 0 Å². The SMILES string of the molecule is CCC(O)CCNC(C)c1cncc(F)c1. The number of halogens is 1. The Morgan fingerprint density at radius 3 is 2.88 bits per heavy atom. The van der Waals surface area contributed by atoms with E-state index < -0.39 is 0 Å². The van der Waals surface area contributed by atoms with E-state index in [0.29, 0.717) is 13.0 Å². The van der Waals surface area contributed by atoms with Crippen molar-refractivity contribution in [1.29, 1.82) is 0 Å². The molecule has 1 heterocycles. The molecule has 90 valence electrons. The summed E-state index contributed by atoms with van der Waals surface area (Å²) >= 11 is 0. The molecule has 0 aliphatic carbocycles. The molecule has 2 N–H and O–H groups in total. The van der Waals surface area contributed by atoms with Crippen LogP contribution in [0.2, 0.25) is 0 Å². The molecule has 2 unspecified atom stereocenters. The lowest BCUT2D eigenvalue weighted by Crippen LogP contribution is -2.23. The van der Waals surface area contributed by atoms with Crippen molar-refractivity contribution in [3.63, 3.8) is 0 Å². The van der Waals surface area contributed by atoms with Crippen LogP contribution in [0.4, 0.5) is 4.39 Å². The molecule has 0 fully saturated rings. The van der Waals surface area contributed by atoms with Gasteiger partial charge in [0, 0.05) is 12.2 Å². The maximum atomic E-state index is 12.9. The van der Waals surface area contributed by atoms with Crippen molar-refractivity contribution in [3.8, 4) is 0 Å². The van der Waals surface area contributed by atoms with E-state index >= 15 is 0 Å². The van der Waals surface area contributed by atoms with E-state index in [1.54, 1.807) is 6.20 Å². The van der Waals surface area contributed by atoms with Gasteiger partial charge in [-0.15, -0.1) is 0 Å². The molecule has 0 bridgehead atoms. The van der Waals surface area contributed by atoms with Crippen LogP contribution in [-0.4, -0.2) is 22.7 Å². The zero-order valence-electron chi connectivity index (χ0n) is 9.78. The molecule has 0 saturated carbocycles. The summed E-state index contributed by atoms with van der Waals surface area (Å²) in [6.07, 6.45) is 4.06. The molecule has 0 aliphatic rings. The van der Waals surface area contributed by atoms with Gasteiger partial charge in [0.1, 0.15) is 5.82 Å². The topological polar surface area (TPSA) is 45.1 Å². The molecule has 1 aromatic heterocycles. The Labute approximate surface area is 95.7 Å². The number of nitrogens with one attached hydrogen (secondary N) is 1. The predicted molar refractivity (Wildman–Crippen MR) is 61.5 cm³/mol. The fourth-order valence-electron chi connectivity index (χ4n) is 1.45. The second kappa shape index (κ2) is 6.55. The Morgan fingerprint density at radius 1 is 1.50 bits per heavy atom. The Kier molecular flexibility index (Phi) is 5.35. The van der Waals surface area contributed by atoms with Crippen molar-refractivity contribution in [2.24, 2.45) is 0 Å². The van der Waals surface area contributed by atoms with Crippen LogP contribution in [0.3, 0.4) is 0 Å². The Morgan fingerprint density at radius 2 is 2.25 bits per heavy atom. The van der Waals surface area contributed by atoms with Crippen LogP contribution < -0.4 is 5.32 Å². The first-order chi connectivity index (χ1) is 7.63. The summed E-state index contributed by atoms with van der Waals surface area (Å²) in [6, 6.07) is 1.52. The molecule has 2 atom stereocenters. The number of aliphatic hydroxyl groups excluding tert-OH is 1. The lowest BCUT2D eigenvalue weighted by Gasteiger charge is -2.15. The molecule has 0 radical (unpaired) electrons. The van der Waals surface area contributed by atoms with Crippen molar-refractivity contribution in [2.45, 2.75) is 38.8 Å². The number of hydrogen-bond acceptors (Lipinski definition) is 3. The number of nitrogens with zero attached hydrogens (tertiary/aromatic N) is 1. The van der Waals surface area contributed by atoms with Crippen LogP contribution in [0, 0.1) is 5.82 Å². The van der Waals surface area contributed by atoms with Gasteiger partial charge in [0.2, 0.25) is 0 Å². The molecular formula is C12H19FN2O. The van der Waals surface area contributed by atoms with Gasteiger partial charge in [-0.1, -0.05) is 6.92 Å². The normalized spacial score (nSPS) is 14.8. The van der Waals surface area contributed by atoms with Gasteiger partial charge in [0.25, 0.3) is 0 Å². The molecule has 4 heteroatoms. The van der Waals surface area contributed by atoms with Gasteiger partial charge < -0.3 is 10.4 Å². The maximum Gasteiger partial charge on any atom is 0.141 e. The van der Waals surface area contributed by atoms with Crippen LogP contribution in [0.15, 0.2) is 18.5 Å². The summed E-state index contributed by atoms with van der Waals surface area (Å²) in [5, 5.41) is 12.6. The predicted octanol–water partition coefficient (Wildman–Crippen LogP) is 2.03. The number of aliphatic hydroxyl groups is 1. The molecule has 1 rings (SSSR count). The summed E-state index contributed by atoms with van der Waals surface area (Å²) < 4.78 is 12.9. The molecule has 0 aromatic carbocycles. The molecule has 3 nitrogen and oxygen atoms in total. The minimum absolute atomic E-state index is 0.0484. The van der Waals surface area contributed by atoms with Crippen molar-refractivity contribution in [3.05, 3.63) is 29.8 Å². The van der Waals surface area contributed by atoms with Gasteiger partial charge in [-0.3, -0.25) is 4.98 Å². The highest BCUT2D eigenvalue weighted by molar-refractivity contribution is 5.14. The highest BCUT2D eigenvalue weighted by atomic mass is 19.1. The quantitative estimate of drug-likeness (QED) is 0.780. The third-order valence-corrected chi connectivity index (χ3v) is 2.63. The Balaban J connectivity index is 2.38. The lowest BCUT2D eigenvalue weighted by atomic mass is 10.1. The summed E-state index contributed by atoms with van der Waals surface area (Å²) in [5.41, 5.74) is 0.825. The highest BCUT2D eigenvalue weighted by Gasteiger charge is 2.07. The van der Waals surface area contributed by atoms with Crippen molar-refractivity contribution in [1.82, 2.24) is 10.3 Å². The van der Waals surface area contributed by atoms with Gasteiger partial charge in [0.05, 0.1) is 12.3 Å². The van der Waals surface area contributed by atoms with Gasteiger partial charge in [-0.25, -0.2) is 4.39 Å². The van der Waals surface area contributed by atoms with Crippen molar-refractivity contribution in [2.75, 3.05) is 6.54 Å². The monoisotopic (exact) mass is 226 g/mol. The summed E-state index contributed by atoms with van der Waals surface area (Å²) in [4.78, 5) is 3.80. The third kappa shape index (κ3) is 4.24. The average Bonchev–Trinajstić information content (AvgIpc) is 2.28. The number of aromatic nitrogens is 1. The fourth-order valence-corrected chi connectivity index (χ4v) is 1.45. The molecular weight excluding hydrogens is 207 g/mol. The van der Waals surface area contributed by atoms with Crippen LogP contribution >= 0.6 is 0 Å². The molecule has 0 amide bonds. The van der Waals surface area contributed by atoms with E-state index in [9.17, 15) is 9.50 Å². The standard InChI is InChI=1S/C12H19FN2O/c1-3-12(16)4-5-15-9(2)10-6-11(13)8-14-7-10/h6-9,12,15-16H,3-5H2,1-2H3. The van der Waals surface area contributed by atoms with Gasteiger partial charge in [0.15, 0.2) is 0 Å². The van der Waals surface area contributed by atoms with E-state index in [4.69, 9.17) is 0 Å². The average molecular weight is 226 g/mol. The highest BCUT2D eigenvalue weighted by Crippen LogP contribution is 2.11. The van der Waals surface area contributed by atoms with Gasteiger partial charge in [-0.2, -0.15) is 0 Å². The summed E-state index contributed by atoms with van der Waals surface area (Å²) in [7, 11) is 0. The van der Waals surface area contributed by atoms with Crippen LogP contribution in [0.1, 0.15) is 38.3 Å². The van der Waals surface area contributed by atoms with Crippen LogP contribution in [-0.2, 0) is 0 Å². The first-order valence-electron chi connectivity index (χ1n) is 5.65. The maximum absolute atomic E-state index is 12.9. The minimum atomic E-state index is -0.320. The summed E-state index contributed by atoms with van der Waals surface area (Å²) in [5.74, 6) is -0.320. The largest absolute Gasteiger partial charge is 0.393 e. The zero-order valence-corrected chi connectivity index (χ0v) is 9.78. The first-order valence-corrected chi connectivity index (χ1v) is 5.65. The van der Waals surface area contributed by atoms with Crippen LogP contribution in [0.5, 0.6) is 0 Å². The Bertz CT molecular complexity index is 320. The number of hydrogen-bond donors (Lipinski definition) is 2. The van der Waals surface area contributed by atoms with Crippen molar-refractivity contribution < 1.29 is 9.50 Å². The minimum Gasteiger partial charge on any atom is -0.393 e. The second-order valence-electron chi connectivity index (χ2n) is 3.96. The smallest absolute Gasteiger partial charge is 0.141 e. The summed E-state index contributed by atoms with van der Waals surface area (Å²) in [6.45, 7) is 4.62. The fraction of sp³-hybridized carbons (Fsp3) is 0.583. The third-order valence-electron chi connectivity index (χ3n) is 2.63. The van der Waals surface area contributed by atoms with Gasteiger partial charge in [-0.05, 0) is 37.9 Å². The lowest BCUT2D eigenvalue weighted by molar-refractivity contribution is 0.159. The molecule has 0 aliphatic heterocycles. The molecule has 16 heavy (non-hydrogen) atoms. The van der Waals surface area contributed by atoms with E-state index in [2.05, 4.69) is 10.3 Å². The van der Waals surface area contributed by atoms with E-state index in [1.165, 1.54) is 12.3 Å². The molecule has 0 saturated heterocycles. The van der Waals surface area contributed by atoms with E-state index in [0.717, 1.165) is 12.0 Å². The number of rotatable bonds is 6.